The van der Waals surface area contributed by atoms with Gasteiger partial charge < -0.3 is 9.22 Å². The zero-order chi connectivity index (χ0) is 33.3. The molecule has 8 fully saturated rings. The van der Waals surface area contributed by atoms with Gasteiger partial charge in [0, 0.05) is 49.5 Å². The normalized spacial score (nSPS) is 52.8. The van der Waals surface area contributed by atoms with E-state index in [-0.39, 0.29) is 50.5 Å². The first-order chi connectivity index (χ1) is 21.3. The van der Waals surface area contributed by atoms with Crippen molar-refractivity contribution >= 4 is 17.7 Å². The maximum atomic E-state index is 14.9. The minimum atomic E-state index is -0.337. The summed E-state index contributed by atoms with van der Waals surface area (Å²) < 4.78 is 6.94. The molecule has 8 aliphatic rings. The van der Waals surface area contributed by atoms with Crippen molar-refractivity contribution in [2.45, 2.75) is 139 Å². The minimum absolute atomic E-state index is 0.0459. The summed E-state index contributed by atoms with van der Waals surface area (Å²) in [6, 6.07) is 0. The number of esters is 1. The molecule has 0 aromatic heterocycles. The molecule has 0 aromatic rings. The topological polar surface area (TPSA) is 63.7 Å². The van der Waals surface area contributed by atoms with Gasteiger partial charge in [0.15, 0.2) is 6.67 Å². The second-order valence-electron chi connectivity index (χ2n) is 20.3. The van der Waals surface area contributed by atoms with Crippen molar-refractivity contribution in [1.29, 1.82) is 0 Å². The van der Waals surface area contributed by atoms with Gasteiger partial charge in [0.05, 0.1) is 20.1 Å². The Bertz CT molecular complexity index is 1300. The maximum absolute atomic E-state index is 14.9. The molecule has 2 bridgehead atoms. The molecule has 0 aromatic carbocycles. The Balaban J connectivity index is 1.19. The van der Waals surface area contributed by atoms with E-state index in [2.05, 4.69) is 60.4 Å². The second-order valence-corrected chi connectivity index (χ2v) is 20.3. The number of piperidine rings is 1. The number of rotatable bonds is 2. The Hall–Kier alpha value is -1.43. The lowest BCUT2D eigenvalue weighted by atomic mass is 9.31. The average Bonchev–Trinajstić information content (AvgIpc) is 3.24. The Labute approximate surface area is 279 Å². The van der Waals surface area contributed by atoms with Gasteiger partial charge in [-0.3, -0.25) is 19.3 Å². The fraction of sp³-hybridized carbons (Fsp3) is 0.925. The van der Waals surface area contributed by atoms with Crippen molar-refractivity contribution in [1.82, 2.24) is 4.90 Å². The number of nitrogens with zero attached hydrogens (tertiary/aromatic N) is 2. The van der Waals surface area contributed by atoms with Crippen LogP contribution in [0.4, 0.5) is 0 Å². The lowest BCUT2D eigenvalue weighted by molar-refractivity contribution is -0.919. The van der Waals surface area contributed by atoms with E-state index in [1.807, 2.05) is 0 Å². The number of fused-ring (bicyclic) bond motifs is 11. The van der Waals surface area contributed by atoms with Crippen LogP contribution in [0.25, 0.3) is 0 Å². The van der Waals surface area contributed by atoms with Gasteiger partial charge in [0.2, 0.25) is 5.91 Å². The van der Waals surface area contributed by atoms with Crippen molar-refractivity contribution in [2.75, 3.05) is 33.4 Å². The zero-order valence-corrected chi connectivity index (χ0v) is 30.8. The highest BCUT2D eigenvalue weighted by atomic mass is 16.5. The molecule has 1 amide bonds. The number of Topliss-reactive ketones (excluding diaryl/α,β-unsaturated/α-hetero) is 1. The first kappa shape index (κ1) is 33.1. The number of carbonyl (C=O) groups excluding carboxylic acids is 3. The summed E-state index contributed by atoms with van der Waals surface area (Å²) in [6.07, 6.45) is 12.5. The first-order valence-electron chi connectivity index (χ1n) is 19.1. The van der Waals surface area contributed by atoms with Crippen molar-refractivity contribution < 1.29 is 23.6 Å². The largest absolute Gasteiger partial charge is 0.462 e. The molecule has 8 rings (SSSR count). The summed E-state index contributed by atoms with van der Waals surface area (Å²) in [4.78, 5) is 43.8. The van der Waals surface area contributed by atoms with Crippen LogP contribution < -0.4 is 0 Å². The summed E-state index contributed by atoms with van der Waals surface area (Å²) in [6.45, 7) is 22.7. The van der Waals surface area contributed by atoms with Gasteiger partial charge in [-0.05, 0) is 103 Å². The highest BCUT2D eigenvalue weighted by molar-refractivity contribution is 5.85. The molecule has 5 aliphatic carbocycles. The van der Waals surface area contributed by atoms with E-state index in [1.54, 1.807) is 0 Å². The van der Waals surface area contributed by atoms with E-state index in [0.29, 0.717) is 41.8 Å². The Morgan fingerprint density at radius 3 is 2.17 bits per heavy atom. The third-order valence-corrected chi connectivity index (χ3v) is 17.4. The van der Waals surface area contributed by atoms with E-state index in [0.717, 1.165) is 62.6 Å². The number of ketones is 1. The highest BCUT2D eigenvalue weighted by Crippen LogP contribution is 2.76. The van der Waals surface area contributed by atoms with E-state index in [1.165, 1.54) is 45.7 Å². The number of amides is 1. The molecular weight excluding hydrogens is 572 g/mol. The minimum Gasteiger partial charge on any atom is -0.462 e. The summed E-state index contributed by atoms with van der Waals surface area (Å²) in [5.74, 6) is 2.52. The Morgan fingerprint density at radius 1 is 0.826 bits per heavy atom. The number of quaternary nitrogens is 1. The molecule has 0 spiro atoms. The molecule has 46 heavy (non-hydrogen) atoms. The monoisotopic (exact) mass is 637 g/mol. The summed E-state index contributed by atoms with van der Waals surface area (Å²) in [5, 5.41) is 0. The van der Waals surface area contributed by atoms with E-state index < -0.39 is 0 Å². The molecule has 10 atom stereocenters. The van der Waals surface area contributed by atoms with Gasteiger partial charge in [-0.25, -0.2) is 0 Å². The van der Waals surface area contributed by atoms with E-state index in [9.17, 15) is 14.4 Å². The second kappa shape index (κ2) is 10.3. The molecule has 5 saturated carbocycles. The van der Waals surface area contributed by atoms with Gasteiger partial charge in [-0.15, -0.1) is 0 Å². The molecule has 0 N–H and O–H groups in total. The lowest BCUT2D eigenvalue weighted by Gasteiger charge is -2.72. The van der Waals surface area contributed by atoms with Crippen molar-refractivity contribution in [3.8, 4) is 0 Å². The van der Waals surface area contributed by atoms with Crippen LogP contribution in [0.1, 0.15) is 132 Å². The number of ether oxygens (including phenoxy) is 1. The predicted octanol–water partition coefficient (Wildman–Crippen LogP) is 7.64. The van der Waals surface area contributed by atoms with E-state index in [4.69, 9.17) is 4.74 Å². The van der Waals surface area contributed by atoms with Crippen LogP contribution >= 0.6 is 0 Å². The van der Waals surface area contributed by atoms with Crippen molar-refractivity contribution in [3.63, 3.8) is 0 Å². The maximum Gasteiger partial charge on any atom is 0.302 e. The van der Waals surface area contributed by atoms with Gasteiger partial charge in [0.1, 0.15) is 11.9 Å². The first-order valence-corrected chi connectivity index (χ1v) is 19.1. The molecule has 3 saturated heterocycles. The van der Waals surface area contributed by atoms with Crippen LogP contribution in [0.5, 0.6) is 0 Å². The number of carbonyl (C=O) groups is 3. The predicted molar refractivity (Wildman–Crippen MR) is 180 cm³/mol. The Kier molecular flexibility index (Phi) is 7.41. The quantitative estimate of drug-likeness (QED) is 0.231. The van der Waals surface area contributed by atoms with Crippen LogP contribution in [-0.4, -0.2) is 66.5 Å². The van der Waals surface area contributed by atoms with Crippen LogP contribution in [0.2, 0.25) is 0 Å². The van der Waals surface area contributed by atoms with Crippen LogP contribution in [-0.2, 0) is 19.1 Å². The fourth-order valence-electron chi connectivity index (χ4n) is 14.4. The highest BCUT2D eigenvalue weighted by Gasteiger charge is 2.72. The van der Waals surface area contributed by atoms with Gasteiger partial charge >= 0.3 is 5.97 Å². The average molecular weight is 638 g/mol. The Morgan fingerprint density at radius 2 is 1.50 bits per heavy atom. The molecule has 0 unspecified atom stereocenters. The third-order valence-electron chi connectivity index (χ3n) is 17.4. The summed E-state index contributed by atoms with van der Waals surface area (Å²) in [5.41, 5.74) is -0.353. The van der Waals surface area contributed by atoms with E-state index >= 15 is 0 Å². The standard InChI is InChI=1S/C40H65N2O4/c1-26(43)46-32-11-14-38(6)31(35(32,2)3)10-15-40(8)33(38)30(44)22-28-29-23-37(5,17-16-36(29,4)18-19-39(28,40)7)34(45)41-24-27-12-20-42(9,25-41)21-13-27/h27-29,31-33H,10-25H2,1-9H3/q+1/t27?,28-,29-,31-,32-,33+,36+,37-,38-,39+,40+,42?/m0/s1. The zero-order valence-electron chi connectivity index (χ0n) is 30.8. The van der Waals surface area contributed by atoms with Crippen LogP contribution in [0.15, 0.2) is 0 Å². The van der Waals surface area contributed by atoms with Gasteiger partial charge in [-0.1, -0.05) is 48.5 Å². The lowest BCUT2D eigenvalue weighted by Crippen LogP contribution is -2.69. The summed E-state index contributed by atoms with van der Waals surface area (Å²) in [7, 11) is 2.36. The molecule has 3 heterocycles. The SMILES string of the molecule is CC(=O)O[C@H]1CC[C@]2(C)[C@H]3C(=O)C[C@H]4[C@@H]5C[C@@](C)(C(=O)N6CC7CC[N+](C)(CC7)C6)CC[C@]5(C)CC[C@@]4(C)[C@]3(C)CC[C@H]2C1(C)C. The molecule has 258 valence electrons. The third kappa shape index (κ3) is 4.52. The number of hydrogen-bond acceptors (Lipinski definition) is 4. The van der Waals surface area contributed by atoms with Crippen molar-refractivity contribution in [3.05, 3.63) is 0 Å². The molecule has 6 heteroatoms. The van der Waals surface area contributed by atoms with Crippen LogP contribution in [0.3, 0.4) is 0 Å². The van der Waals surface area contributed by atoms with Gasteiger partial charge in [0.25, 0.3) is 0 Å². The fourth-order valence-corrected chi connectivity index (χ4v) is 14.4. The molecular formula is C40H65N2O4+. The van der Waals surface area contributed by atoms with Crippen molar-refractivity contribution in [2.24, 2.45) is 62.1 Å². The van der Waals surface area contributed by atoms with Gasteiger partial charge in [-0.2, -0.15) is 0 Å². The molecule has 6 nitrogen and oxygen atoms in total. The number of hydrogen-bond donors (Lipinski definition) is 0. The summed E-state index contributed by atoms with van der Waals surface area (Å²) >= 11 is 0. The smallest absolute Gasteiger partial charge is 0.302 e. The molecule has 3 aliphatic heterocycles. The molecule has 0 radical (unpaired) electrons. The van der Waals surface area contributed by atoms with Crippen LogP contribution in [0, 0.1) is 62.1 Å².